The molecule has 0 spiro atoms. The highest BCUT2D eigenvalue weighted by molar-refractivity contribution is 7.92. The Kier molecular flexibility index (Phi) is 6.96. The summed E-state index contributed by atoms with van der Waals surface area (Å²) in [6.45, 7) is 5.47. The lowest BCUT2D eigenvalue weighted by Gasteiger charge is -2.30. The molecule has 0 aliphatic carbocycles. The predicted molar refractivity (Wildman–Crippen MR) is 114 cm³/mol. The number of methoxy groups -OCH3 is 1. The van der Waals surface area contributed by atoms with Crippen LogP contribution in [0.15, 0.2) is 36.4 Å². The van der Waals surface area contributed by atoms with E-state index in [1.54, 1.807) is 37.3 Å². The first kappa shape index (κ1) is 22.0. The molecular formula is C20H25ClN2O4S. The van der Waals surface area contributed by atoms with E-state index < -0.39 is 22.0 Å². The van der Waals surface area contributed by atoms with Crippen LogP contribution in [0.25, 0.3) is 0 Å². The molecule has 1 amide bonds. The van der Waals surface area contributed by atoms with Crippen LogP contribution in [0.5, 0.6) is 5.75 Å². The van der Waals surface area contributed by atoms with Crippen molar-refractivity contribution in [2.75, 3.05) is 23.0 Å². The Balaban J connectivity index is 2.45. The number of halogens is 1. The number of sulfonamides is 1. The van der Waals surface area contributed by atoms with Gasteiger partial charge in [0.1, 0.15) is 11.8 Å². The Morgan fingerprint density at radius 1 is 1.21 bits per heavy atom. The summed E-state index contributed by atoms with van der Waals surface area (Å²) in [4.78, 5) is 13.0. The van der Waals surface area contributed by atoms with Gasteiger partial charge in [-0.3, -0.25) is 9.10 Å². The molecule has 152 valence electrons. The lowest BCUT2D eigenvalue weighted by atomic mass is 10.1. The van der Waals surface area contributed by atoms with Gasteiger partial charge in [0.25, 0.3) is 0 Å². The molecule has 8 heteroatoms. The zero-order valence-corrected chi connectivity index (χ0v) is 18.2. The Morgan fingerprint density at radius 3 is 2.43 bits per heavy atom. The van der Waals surface area contributed by atoms with Crippen molar-refractivity contribution in [3.63, 3.8) is 0 Å². The molecule has 6 nitrogen and oxygen atoms in total. The number of rotatable bonds is 7. The molecule has 0 fully saturated rings. The maximum Gasteiger partial charge on any atom is 0.248 e. The summed E-state index contributed by atoms with van der Waals surface area (Å²) in [5.74, 6) is 0.0478. The van der Waals surface area contributed by atoms with Gasteiger partial charge in [0.05, 0.1) is 24.7 Å². The average molecular weight is 425 g/mol. The van der Waals surface area contributed by atoms with Crippen molar-refractivity contribution in [2.45, 2.75) is 33.2 Å². The van der Waals surface area contributed by atoms with Gasteiger partial charge in [-0.1, -0.05) is 30.7 Å². The van der Waals surface area contributed by atoms with Crippen molar-refractivity contribution < 1.29 is 17.9 Å². The first-order valence-corrected chi connectivity index (χ1v) is 11.0. The van der Waals surface area contributed by atoms with E-state index >= 15 is 0 Å². The molecule has 0 saturated carbocycles. The van der Waals surface area contributed by atoms with Crippen molar-refractivity contribution in [3.05, 3.63) is 52.5 Å². The summed E-state index contributed by atoms with van der Waals surface area (Å²) < 4.78 is 31.5. The molecule has 1 atom stereocenters. The molecule has 0 radical (unpaired) electrons. The summed E-state index contributed by atoms with van der Waals surface area (Å²) in [6.07, 6.45) is 1.35. The monoisotopic (exact) mass is 424 g/mol. The van der Waals surface area contributed by atoms with E-state index in [1.807, 2.05) is 19.9 Å². The zero-order chi connectivity index (χ0) is 21.1. The second kappa shape index (κ2) is 8.84. The highest BCUT2D eigenvalue weighted by Gasteiger charge is 2.32. The number of aryl methyl sites for hydroxylation is 2. The van der Waals surface area contributed by atoms with E-state index in [0.29, 0.717) is 22.1 Å². The minimum atomic E-state index is -3.74. The standard InChI is InChI=1S/C20H25ClN2O4S/c1-6-18(20(24)22-17-11-13(2)7-10-19(17)27-4)23(28(5,25)26)15-9-8-14(3)16(21)12-15/h7-12,18H,6H2,1-5H3,(H,22,24). The minimum absolute atomic E-state index is 0.276. The van der Waals surface area contributed by atoms with Crippen LogP contribution in [0, 0.1) is 13.8 Å². The summed E-state index contributed by atoms with van der Waals surface area (Å²) in [6, 6.07) is 9.37. The third-order valence-corrected chi connectivity index (χ3v) is 5.94. The van der Waals surface area contributed by atoms with Crippen LogP contribution in [0.2, 0.25) is 5.02 Å². The summed E-state index contributed by atoms with van der Waals surface area (Å²) >= 11 is 6.18. The van der Waals surface area contributed by atoms with Crippen LogP contribution in [-0.4, -0.2) is 33.7 Å². The van der Waals surface area contributed by atoms with E-state index in [4.69, 9.17) is 16.3 Å². The van der Waals surface area contributed by atoms with Gasteiger partial charge in [-0.05, 0) is 55.7 Å². The largest absolute Gasteiger partial charge is 0.495 e. The maximum atomic E-state index is 13.0. The molecule has 0 aliphatic rings. The molecular weight excluding hydrogens is 400 g/mol. The first-order chi connectivity index (χ1) is 13.1. The lowest BCUT2D eigenvalue weighted by Crippen LogP contribution is -2.47. The number of amides is 1. The van der Waals surface area contributed by atoms with E-state index in [2.05, 4.69) is 5.32 Å². The van der Waals surface area contributed by atoms with Crippen LogP contribution in [0.3, 0.4) is 0 Å². The predicted octanol–water partition coefficient (Wildman–Crippen LogP) is 4.15. The van der Waals surface area contributed by atoms with Gasteiger partial charge in [0.2, 0.25) is 15.9 Å². The molecule has 1 N–H and O–H groups in total. The smallest absolute Gasteiger partial charge is 0.248 e. The highest BCUT2D eigenvalue weighted by Crippen LogP contribution is 2.29. The van der Waals surface area contributed by atoms with Gasteiger partial charge in [0.15, 0.2) is 0 Å². The fraction of sp³-hybridized carbons (Fsp3) is 0.350. The summed E-state index contributed by atoms with van der Waals surface area (Å²) in [5, 5.41) is 3.23. The quantitative estimate of drug-likeness (QED) is 0.724. The van der Waals surface area contributed by atoms with Gasteiger partial charge in [-0.25, -0.2) is 8.42 Å². The Bertz CT molecular complexity index is 976. The number of nitrogens with one attached hydrogen (secondary N) is 1. The fourth-order valence-electron chi connectivity index (χ4n) is 2.91. The minimum Gasteiger partial charge on any atom is -0.495 e. The highest BCUT2D eigenvalue weighted by atomic mass is 35.5. The van der Waals surface area contributed by atoms with Gasteiger partial charge in [-0.15, -0.1) is 0 Å². The van der Waals surface area contributed by atoms with Gasteiger partial charge >= 0.3 is 0 Å². The molecule has 0 bridgehead atoms. The molecule has 2 aromatic carbocycles. The number of anilines is 2. The summed E-state index contributed by atoms with van der Waals surface area (Å²) in [5.41, 5.74) is 2.59. The number of hydrogen-bond acceptors (Lipinski definition) is 4. The van der Waals surface area contributed by atoms with Crippen LogP contribution in [0.1, 0.15) is 24.5 Å². The molecule has 0 saturated heterocycles. The third kappa shape index (κ3) is 4.97. The van der Waals surface area contributed by atoms with E-state index in [9.17, 15) is 13.2 Å². The number of benzene rings is 2. The number of ether oxygens (including phenoxy) is 1. The van der Waals surface area contributed by atoms with Crippen molar-refractivity contribution >= 4 is 38.9 Å². The van der Waals surface area contributed by atoms with Crippen LogP contribution in [0.4, 0.5) is 11.4 Å². The third-order valence-electron chi connectivity index (χ3n) is 4.35. The number of carbonyl (C=O) groups excluding carboxylic acids is 1. The number of carbonyl (C=O) groups is 1. The number of nitrogens with zero attached hydrogens (tertiary/aromatic N) is 1. The molecule has 0 aliphatic heterocycles. The van der Waals surface area contributed by atoms with Crippen molar-refractivity contribution in [3.8, 4) is 5.75 Å². The SMILES string of the molecule is CCC(C(=O)Nc1cc(C)ccc1OC)N(c1ccc(C)c(Cl)c1)S(C)(=O)=O. The number of hydrogen-bond donors (Lipinski definition) is 1. The lowest BCUT2D eigenvalue weighted by molar-refractivity contribution is -0.117. The van der Waals surface area contributed by atoms with Crippen molar-refractivity contribution in [2.24, 2.45) is 0 Å². The van der Waals surface area contributed by atoms with Crippen molar-refractivity contribution in [1.82, 2.24) is 0 Å². The maximum absolute atomic E-state index is 13.0. The fourth-order valence-corrected chi connectivity index (χ4v) is 4.29. The van der Waals surface area contributed by atoms with Crippen LogP contribution >= 0.6 is 11.6 Å². The topological polar surface area (TPSA) is 75.7 Å². The van der Waals surface area contributed by atoms with Crippen LogP contribution in [-0.2, 0) is 14.8 Å². The first-order valence-electron chi connectivity index (χ1n) is 8.79. The molecule has 0 heterocycles. The van der Waals surface area contributed by atoms with E-state index in [0.717, 1.165) is 21.7 Å². The molecule has 0 aromatic heterocycles. The van der Waals surface area contributed by atoms with Gasteiger partial charge in [0, 0.05) is 5.02 Å². The van der Waals surface area contributed by atoms with Crippen LogP contribution < -0.4 is 14.4 Å². The van der Waals surface area contributed by atoms with Gasteiger partial charge < -0.3 is 10.1 Å². The zero-order valence-electron chi connectivity index (χ0n) is 16.6. The second-order valence-electron chi connectivity index (χ2n) is 6.61. The molecule has 2 aromatic rings. The van der Waals surface area contributed by atoms with Crippen molar-refractivity contribution in [1.29, 1.82) is 0 Å². The average Bonchev–Trinajstić information content (AvgIpc) is 2.61. The summed E-state index contributed by atoms with van der Waals surface area (Å²) in [7, 11) is -2.23. The second-order valence-corrected chi connectivity index (χ2v) is 8.88. The van der Waals surface area contributed by atoms with E-state index in [1.165, 1.54) is 7.11 Å². The van der Waals surface area contributed by atoms with E-state index in [-0.39, 0.29) is 6.42 Å². The molecule has 2 rings (SSSR count). The van der Waals surface area contributed by atoms with Gasteiger partial charge in [-0.2, -0.15) is 0 Å². The molecule has 28 heavy (non-hydrogen) atoms. The normalized spacial score (nSPS) is 12.4. The molecule has 1 unspecified atom stereocenters. The Labute approximate surface area is 171 Å². The Morgan fingerprint density at radius 2 is 1.89 bits per heavy atom. The Hall–Kier alpha value is -2.25.